The van der Waals surface area contributed by atoms with E-state index in [0.29, 0.717) is 34.8 Å². The van der Waals surface area contributed by atoms with Crippen LogP contribution in [-0.2, 0) is 23.9 Å². The maximum atomic E-state index is 13.3. The minimum atomic E-state index is -0.613. The fraction of sp³-hybridized carbons (Fsp3) is 0.500. The monoisotopic (exact) mass is 520 g/mol. The summed E-state index contributed by atoms with van der Waals surface area (Å²) in [5.41, 5.74) is 3.05. The van der Waals surface area contributed by atoms with Gasteiger partial charge in [-0.3, -0.25) is 4.79 Å². The molecule has 1 unspecified atom stereocenters. The smallest absolute Gasteiger partial charge is 0.336 e. The number of thioether (sulfide) groups is 2. The molecule has 0 radical (unpaired) electrons. The third-order valence-electron chi connectivity index (χ3n) is 5.71. The van der Waals surface area contributed by atoms with E-state index in [4.69, 9.17) is 9.47 Å². The standard InChI is InChI=1S/C26H36N2O5S2/c1-6-8-13-28(17-29)14-15-35-16-20-24(26(31)33-7-2)23(19-11-9-10-12-21(19)34-5)22(18(3)27-20)25(30)32-4/h9-12,17,23,27H,6-8,13-16H2,1-5H3. The Kier molecular flexibility index (Phi) is 12.3. The van der Waals surface area contributed by atoms with Crippen LogP contribution in [0.15, 0.2) is 51.7 Å². The van der Waals surface area contributed by atoms with Gasteiger partial charge in [0.05, 0.1) is 30.8 Å². The Morgan fingerprint density at radius 3 is 2.51 bits per heavy atom. The zero-order chi connectivity index (χ0) is 25.8. The molecule has 0 aliphatic carbocycles. The first-order chi connectivity index (χ1) is 16.9. The number of hydrogen-bond donors (Lipinski definition) is 1. The van der Waals surface area contributed by atoms with E-state index < -0.39 is 17.9 Å². The highest BCUT2D eigenvalue weighted by atomic mass is 32.2. The third kappa shape index (κ3) is 7.54. The Hall–Kier alpha value is -2.39. The second-order valence-corrected chi connectivity index (χ2v) is 9.94. The van der Waals surface area contributed by atoms with Crippen LogP contribution >= 0.6 is 23.5 Å². The van der Waals surface area contributed by atoms with Gasteiger partial charge in [0, 0.05) is 40.9 Å². The van der Waals surface area contributed by atoms with Gasteiger partial charge in [0.25, 0.3) is 0 Å². The van der Waals surface area contributed by atoms with Gasteiger partial charge >= 0.3 is 11.9 Å². The summed E-state index contributed by atoms with van der Waals surface area (Å²) in [7, 11) is 1.34. The molecule has 192 valence electrons. The summed E-state index contributed by atoms with van der Waals surface area (Å²) >= 11 is 3.19. The molecule has 0 aromatic heterocycles. The summed E-state index contributed by atoms with van der Waals surface area (Å²) < 4.78 is 10.6. The van der Waals surface area contributed by atoms with Gasteiger partial charge in [0.1, 0.15) is 0 Å². The molecule has 9 heteroatoms. The summed E-state index contributed by atoms with van der Waals surface area (Å²) in [5, 5.41) is 3.29. The molecule has 1 atom stereocenters. The van der Waals surface area contributed by atoms with Crippen LogP contribution < -0.4 is 5.32 Å². The van der Waals surface area contributed by atoms with Crippen molar-refractivity contribution in [2.24, 2.45) is 0 Å². The molecular weight excluding hydrogens is 484 g/mol. The number of carbonyl (C=O) groups is 3. The van der Waals surface area contributed by atoms with Gasteiger partial charge in [-0.05, 0) is 38.2 Å². The summed E-state index contributed by atoms with van der Waals surface area (Å²) in [6.45, 7) is 7.29. The second-order valence-electron chi connectivity index (χ2n) is 7.99. The maximum Gasteiger partial charge on any atom is 0.336 e. The Morgan fingerprint density at radius 1 is 1.14 bits per heavy atom. The zero-order valence-electron chi connectivity index (χ0n) is 21.2. The number of nitrogens with one attached hydrogen (secondary N) is 1. The lowest BCUT2D eigenvalue weighted by atomic mass is 9.80. The fourth-order valence-corrected chi connectivity index (χ4v) is 5.57. The number of rotatable bonds is 14. The number of methoxy groups -OCH3 is 1. The van der Waals surface area contributed by atoms with Gasteiger partial charge in [-0.15, -0.1) is 11.8 Å². The van der Waals surface area contributed by atoms with Crippen LogP contribution in [0.1, 0.15) is 45.1 Å². The predicted molar refractivity (Wildman–Crippen MR) is 142 cm³/mol. The largest absolute Gasteiger partial charge is 0.466 e. The molecule has 0 spiro atoms. The highest BCUT2D eigenvalue weighted by Crippen LogP contribution is 2.42. The summed E-state index contributed by atoms with van der Waals surface area (Å²) in [6.07, 6.45) is 4.86. The normalized spacial score (nSPS) is 15.5. The molecule has 1 aromatic rings. The number of benzene rings is 1. The molecule has 1 aliphatic rings. The number of esters is 2. The fourth-order valence-electron chi connectivity index (χ4n) is 3.99. The van der Waals surface area contributed by atoms with E-state index in [1.165, 1.54) is 7.11 Å². The second kappa shape index (κ2) is 14.9. The van der Waals surface area contributed by atoms with Crippen LogP contribution in [0.3, 0.4) is 0 Å². The lowest BCUT2D eigenvalue weighted by Gasteiger charge is -2.32. The van der Waals surface area contributed by atoms with Crippen LogP contribution in [-0.4, -0.2) is 67.8 Å². The minimum Gasteiger partial charge on any atom is -0.466 e. The summed E-state index contributed by atoms with van der Waals surface area (Å²) in [6, 6.07) is 7.76. The van der Waals surface area contributed by atoms with Crippen LogP contribution in [0.25, 0.3) is 0 Å². The van der Waals surface area contributed by atoms with E-state index in [1.807, 2.05) is 37.4 Å². The van der Waals surface area contributed by atoms with Crippen molar-refractivity contribution in [3.8, 4) is 0 Å². The first kappa shape index (κ1) is 28.8. The Morgan fingerprint density at radius 2 is 1.89 bits per heavy atom. The number of dihydropyridines is 1. The van der Waals surface area contributed by atoms with Crippen LogP contribution in [0.4, 0.5) is 0 Å². The molecule has 0 bridgehead atoms. The van der Waals surface area contributed by atoms with Gasteiger partial charge in [-0.2, -0.15) is 11.8 Å². The Bertz CT molecular complexity index is 961. The molecule has 1 amide bonds. The van der Waals surface area contributed by atoms with E-state index in [1.54, 1.807) is 35.3 Å². The van der Waals surface area contributed by atoms with E-state index in [0.717, 1.165) is 42.0 Å². The third-order valence-corrected chi connectivity index (χ3v) is 7.49. The lowest BCUT2D eigenvalue weighted by molar-refractivity contribution is -0.139. The SMILES string of the molecule is CCCCN(C=O)CCSCC1=C(C(=O)OCC)C(c2ccccc2SC)C(C(=O)OC)=C(C)N1. The zero-order valence-corrected chi connectivity index (χ0v) is 22.9. The molecule has 0 saturated heterocycles. The topological polar surface area (TPSA) is 84.9 Å². The van der Waals surface area contributed by atoms with Gasteiger partial charge < -0.3 is 19.7 Å². The first-order valence-electron chi connectivity index (χ1n) is 11.8. The van der Waals surface area contributed by atoms with Crippen LogP contribution in [0.5, 0.6) is 0 Å². The number of amides is 1. The van der Waals surface area contributed by atoms with Gasteiger partial charge in [-0.1, -0.05) is 31.5 Å². The van der Waals surface area contributed by atoms with Gasteiger partial charge in [0.15, 0.2) is 0 Å². The average Bonchev–Trinajstić information content (AvgIpc) is 2.87. The maximum absolute atomic E-state index is 13.3. The minimum absolute atomic E-state index is 0.224. The van der Waals surface area contributed by atoms with Crippen molar-refractivity contribution < 1.29 is 23.9 Å². The van der Waals surface area contributed by atoms with Crippen LogP contribution in [0, 0.1) is 0 Å². The molecule has 35 heavy (non-hydrogen) atoms. The van der Waals surface area contributed by atoms with Crippen LogP contribution in [0.2, 0.25) is 0 Å². The Balaban J connectivity index is 2.45. The first-order valence-corrected chi connectivity index (χ1v) is 14.2. The molecule has 1 aromatic carbocycles. The van der Waals surface area contributed by atoms with E-state index in [9.17, 15) is 14.4 Å². The molecule has 1 aliphatic heterocycles. The molecular formula is C26H36N2O5S2. The van der Waals surface area contributed by atoms with E-state index in [2.05, 4.69) is 12.2 Å². The summed E-state index contributed by atoms with van der Waals surface area (Å²) in [4.78, 5) is 40.3. The van der Waals surface area contributed by atoms with Crippen molar-refractivity contribution in [1.82, 2.24) is 10.2 Å². The predicted octanol–water partition coefficient (Wildman–Crippen LogP) is 4.35. The van der Waals surface area contributed by atoms with E-state index in [-0.39, 0.29) is 6.61 Å². The van der Waals surface area contributed by atoms with Crippen molar-refractivity contribution in [3.05, 3.63) is 52.4 Å². The van der Waals surface area contributed by atoms with E-state index >= 15 is 0 Å². The summed E-state index contributed by atoms with van der Waals surface area (Å²) in [5.74, 6) is -0.316. The number of carbonyl (C=O) groups excluding carboxylic acids is 3. The highest BCUT2D eigenvalue weighted by molar-refractivity contribution is 7.99. The number of unbranched alkanes of at least 4 members (excludes halogenated alkanes) is 1. The molecule has 0 saturated carbocycles. The van der Waals surface area contributed by atoms with Crippen molar-refractivity contribution in [2.45, 2.75) is 44.4 Å². The lowest BCUT2D eigenvalue weighted by Crippen LogP contribution is -2.34. The number of nitrogens with zero attached hydrogens (tertiary/aromatic N) is 1. The van der Waals surface area contributed by atoms with Crippen molar-refractivity contribution in [3.63, 3.8) is 0 Å². The molecule has 0 fully saturated rings. The molecule has 2 rings (SSSR count). The van der Waals surface area contributed by atoms with Crippen molar-refractivity contribution >= 4 is 41.9 Å². The average molecular weight is 521 g/mol. The number of allylic oxidation sites excluding steroid dienone is 1. The highest BCUT2D eigenvalue weighted by Gasteiger charge is 2.39. The quantitative estimate of drug-likeness (QED) is 0.168. The Labute approximate surface area is 217 Å². The van der Waals surface area contributed by atoms with Gasteiger partial charge in [0.2, 0.25) is 6.41 Å². The number of hydrogen-bond acceptors (Lipinski definition) is 8. The van der Waals surface area contributed by atoms with Crippen molar-refractivity contribution in [2.75, 3.05) is 44.6 Å². The molecule has 7 nitrogen and oxygen atoms in total. The van der Waals surface area contributed by atoms with Crippen molar-refractivity contribution in [1.29, 1.82) is 0 Å². The molecule has 1 heterocycles. The number of ether oxygens (including phenoxy) is 2. The molecule has 1 N–H and O–H groups in total. The van der Waals surface area contributed by atoms with Gasteiger partial charge in [-0.25, -0.2) is 9.59 Å².